The van der Waals surface area contributed by atoms with E-state index in [4.69, 9.17) is 56.5 Å². The van der Waals surface area contributed by atoms with Crippen molar-refractivity contribution in [2.75, 3.05) is 19.5 Å². The average molecular weight is 542 g/mol. The van der Waals surface area contributed by atoms with Gasteiger partial charge in [0.1, 0.15) is 6.17 Å². The van der Waals surface area contributed by atoms with E-state index in [-0.39, 0.29) is 10.7 Å². The van der Waals surface area contributed by atoms with E-state index in [1.54, 1.807) is 12.1 Å². The SMILES string of the molecule is COc1ccc(C(=O)NC(NC(=S)Nc2cccc(Br)c2)C(Cl)(Cl)Cl)cc1OC. The Kier molecular flexibility index (Phi) is 8.66. The zero-order valence-corrected chi connectivity index (χ0v) is 19.9. The van der Waals surface area contributed by atoms with E-state index in [9.17, 15) is 4.79 Å². The van der Waals surface area contributed by atoms with Crippen LogP contribution in [0.2, 0.25) is 0 Å². The second kappa shape index (κ2) is 10.5. The summed E-state index contributed by atoms with van der Waals surface area (Å²) in [5.74, 6) is 0.380. The topological polar surface area (TPSA) is 71.6 Å². The van der Waals surface area contributed by atoms with Crippen molar-refractivity contribution in [3.63, 3.8) is 0 Å². The first-order valence-corrected chi connectivity index (χ1v) is 10.4. The highest BCUT2D eigenvalue weighted by Gasteiger charge is 2.35. The quantitative estimate of drug-likeness (QED) is 0.275. The van der Waals surface area contributed by atoms with E-state index < -0.39 is 15.9 Å². The number of carbonyl (C=O) groups is 1. The smallest absolute Gasteiger partial charge is 0.253 e. The zero-order chi connectivity index (χ0) is 21.6. The molecule has 0 radical (unpaired) electrons. The lowest BCUT2D eigenvalue weighted by Gasteiger charge is -2.28. The second-order valence-corrected chi connectivity index (χ2v) is 9.32. The van der Waals surface area contributed by atoms with Gasteiger partial charge in [-0.05, 0) is 48.6 Å². The minimum Gasteiger partial charge on any atom is -0.493 e. The van der Waals surface area contributed by atoms with Crippen molar-refractivity contribution in [3.05, 3.63) is 52.5 Å². The molecular formula is C18H17BrCl3N3O3S. The Balaban J connectivity index is 2.12. The van der Waals surface area contributed by atoms with E-state index >= 15 is 0 Å². The van der Waals surface area contributed by atoms with Crippen LogP contribution in [0, 0.1) is 0 Å². The number of amides is 1. The predicted octanol–water partition coefficient (Wildman–Crippen LogP) is 4.88. The lowest BCUT2D eigenvalue weighted by Crippen LogP contribution is -2.56. The Bertz CT molecular complexity index is 896. The zero-order valence-electron chi connectivity index (χ0n) is 15.3. The van der Waals surface area contributed by atoms with Crippen molar-refractivity contribution >= 4 is 79.7 Å². The summed E-state index contributed by atoms with van der Waals surface area (Å²) in [7, 11) is 2.97. The van der Waals surface area contributed by atoms with Gasteiger partial charge in [-0.15, -0.1) is 0 Å². The fourth-order valence-electron chi connectivity index (χ4n) is 2.26. The molecule has 0 spiro atoms. The lowest BCUT2D eigenvalue weighted by atomic mass is 10.2. The molecule has 0 fully saturated rings. The monoisotopic (exact) mass is 539 g/mol. The van der Waals surface area contributed by atoms with Gasteiger partial charge in [0.05, 0.1) is 14.2 Å². The molecule has 1 atom stereocenters. The number of anilines is 1. The Morgan fingerprint density at radius 2 is 1.76 bits per heavy atom. The molecule has 29 heavy (non-hydrogen) atoms. The van der Waals surface area contributed by atoms with E-state index in [1.807, 2.05) is 24.3 Å². The number of hydrogen-bond donors (Lipinski definition) is 3. The number of methoxy groups -OCH3 is 2. The Hall–Kier alpha value is -1.45. The van der Waals surface area contributed by atoms with Gasteiger partial charge in [0.2, 0.25) is 3.79 Å². The minimum atomic E-state index is -1.88. The molecule has 1 unspecified atom stereocenters. The predicted molar refractivity (Wildman–Crippen MR) is 125 cm³/mol. The van der Waals surface area contributed by atoms with Crippen LogP contribution in [0.15, 0.2) is 46.9 Å². The Morgan fingerprint density at radius 3 is 2.34 bits per heavy atom. The maximum absolute atomic E-state index is 12.7. The molecule has 0 aromatic heterocycles. The van der Waals surface area contributed by atoms with E-state index in [1.165, 1.54) is 20.3 Å². The van der Waals surface area contributed by atoms with Crippen molar-refractivity contribution < 1.29 is 14.3 Å². The van der Waals surface area contributed by atoms with Gasteiger partial charge in [-0.2, -0.15) is 0 Å². The summed E-state index contributed by atoms with van der Waals surface area (Å²) >= 11 is 26.7. The molecule has 0 aliphatic heterocycles. The third kappa shape index (κ3) is 7.08. The van der Waals surface area contributed by atoms with Gasteiger partial charge in [-0.1, -0.05) is 56.8 Å². The molecule has 0 aliphatic carbocycles. The summed E-state index contributed by atoms with van der Waals surface area (Å²) in [6.45, 7) is 0. The first-order chi connectivity index (χ1) is 13.6. The summed E-state index contributed by atoms with van der Waals surface area (Å²) in [5, 5.41) is 8.53. The number of halogens is 4. The van der Waals surface area contributed by atoms with Crippen molar-refractivity contribution in [3.8, 4) is 11.5 Å². The van der Waals surface area contributed by atoms with Crippen molar-refractivity contribution in [1.82, 2.24) is 10.6 Å². The molecule has 0 heterocycles. The maximum Gasteiger partial charge on any atom is 0.253 e. The first-order valence-electron chi connectivity index (χ1n) is 8.06. The third-order valence-corrected chi connectivity index (χ3v) is 4.97. The van der Waals surface area contributed by atoms with Crippen LogP contribution >= 0.6 is 63.0 Å². The molecular weight excluding hydrogens is 525 g/mol. The number of ether oxygens (including phenoxy) is 2. The third-order valence-electron chi connectivity index (χ3n) is 3.61. The second-order valence-electron chi connectivity index (χ2n) is 5.63. The molecule has 6 nitrogen and oxygen atoms in total. The molecule has 0 saturated heterocycles. The standard InChI is InChI=1S/C18H17BrCl3N3O3S/c1-27-13-7-6-10(8-14(13)28-2)15(26)24-16(18(20,21)22)25-17(29)23-12-5-3-4-11(19)9-12/h3-9,16H,1-2H3,(H,24,26)(H2,23,25,29). The van der Waals surface area contributed by atoms with E-state index in [0.717, 1.165) is 4.47 Å². The lowest BCUT2D eigenvalue weighted by molar-refractivity contribution is 0.0934. The van der Waals surface area contributed by atoms with E-state index in [0.29, 0.717) is 17.2 Å². The number of carbonyl (C=O) groups excluding carboxylic acids is 1. The summed E-state index contributed by atoms with van der Waals surface area (Å²) < 4.78 is 9.36. The normalized spacial score (nSPS) is 11.9. The van der Waals surface area contributed by atoms with Crippen LogP contribution in [0.3, 0.4) is 0 Å². The van der Waals surface area contributed by atoms with Gasteiger partial charge in [-0.25, -0.2) is 0 Å². The summed E-state index contributed by atoms with van der Waals surface area (Å²) in [6.07, 6.45) is -1.11. The van der Waals surface area contributed by atoms with Crippen LogP contribution in [0.1, 0.15) is 10.4 Å². The van der Waals surface area contributed by atoms with Crippen molar-refractivity contribution in [2.24, 2.45) is 0 Å². The van der Waals surface area contributed by atoms with Crippen molar-refractivity contribution in [1.29, 1.82) is 0 Å². The maximum atomic E-state index is 12.7. The van der Waals surface area contributed by atoms with Crippen LogP contribution < -0.4 is 25.4 Å². The summed E-state index contributed by atoms with van der Waals surface area (Å²) in [4.78, 5) is 12.7. The van der Waals surface area contributed by atoms with Crippen LogP contribution in [-0.4, -0.2) is 35.2 Å². The fraction of sp³-hybridized carbons (Fsp3) is 0.222. The van der Waals surface area contributed by atoms with Crippen LogP contribution in [-0.2, 0) is 0 Å². The summed E-state index contributed by atoms with van der Waals surface area (Å²) in [5.41, 5.74) is 1.00. The molecule has 0 saturated carbocycles. The molecule has 0 bridgehead atoms. The number of hydrogen-bond acceptors (Lipinski definition) is 4. The molecule has 2 rings (SSSR count). The average Bonchev–Trinajstić information content (AvgIpc) is 2.66. The van der Waals surface area contributed by atoms with Gasteiger partial charge in [0, 0.05) is 15.7 Å². The van der Waals surface area contributed by atoms with E-state index in [2.05, 4.69) is 31.9 Å². The molecule has 156 valence electrons. The molecule has 2 aromatic rings. The van der Waals surface area contributed by atoms with Crippen LogP contribution in [0.4, 0.5) is 5.69 Å². The van der Waals surface area contributed by atoms with Gasteiger partial charge < -0.3 is 25.4 Å². The van der Waals surface area contributed by atoms with Gasteiger partial charge in [-0.3, -0.25) is 4.79 Å². The van der Waals surface area contributed by atoms with Crippen LogP contribution in [0.25, 0.3) is 0 Å². The Morgan fingerprint density at radius 1 is 1.07 bits per heavy atom. The first kappa shape index (κ1) is 23.8. The largest absolute Gasteiger partial charge is 0.493 e. The van der Waals surface area contributed by atoms with Crippen molar-refractivity contribution in [2.45, 2.75) is 9.96 Å². The fourth-order valence-corrected chi connectivity index (χ4v) is 3.22. The van der Waals surface area contributed by atoms with Gasteiger partial charge >= 0.3 is 0 Å². The van der Waals surface area contributed by atoms with Gasteiger partial charge in [0.25, 0.3) is 5.91 Å². The summed E-state index contributed by atoms with van der Waals surface area (Å²) in [6, 6.07) is 12.0. The number of rotatable bonds is 6. The number of benzene rings is 2. The van der Waals surface area contributed by atoms with Gasteiger partial charge in [0.15, 0.2) is 16.6 Å². The number of alkyl halides is 3. The molecule has 11 heteroatoms. The highest BCUT2D eigenvalue weighted by Crippen LogP contribution is 2.30. The van der Waals surface area contributed by atoms with Crippen LogP contribution in [0.5, 0.6) is 11.5 Å². The highest BCUT2D eigenvalue weighted by atomic mass is 79.9. The number of nitrogens with one attached hydrogen (secondary N) is 3. The molecule has 1 amide bonds. The molecule has 0 aliphatic rings. The number of thiocarbonyl (C=S) groups is 1. The Labute approximate surface area is 197 Å². The molecule has 2 aromatic carbocycles. The molecule has 3 N–H and O–H groups in total. The minimum absolute atomic E-state index is 0.159. The highest BCUT2D eigenvalue weighted by molar-refractivity contribution is 9.10.